The van der Waals surface area contributed by atoms with Crippen LogP contribution in [0.15, 0.2) is 60.8 Å². The Balaban J connectivity index is 1.67. The molecule has 0 saturated carbocycles. The van der Waals surface area contributed by atoms with Gasteiger partial charge in [0.1, 0.15) is 28.9 Å². The molecular formula is C23H19N5O3. The Hall–Kier alpha value is -4.51. The number of nitrogens with zero attached hydrogens (tertiary/aromatic N) is 3. The van der Waals surface area contributed by atoms with E-state index in [1.807, 2.05) is 43.3 Å². The molecular weight excluding hydrogens is 394 g/mol. The summed E-state index contributed by atoms with van der Waals surface area (Å²) < 4.78 is 12.6. The molecule has 2 aromatic carbocycles. The van der Waals surface area contributed by atoms with Gasteiger partial charge in [-0.1, -0.05) is 6.07 Å². The maximum Gasteiger partial charge on any atom is 0.270 e. The Kier molecular flexibility index (Phi) is 5.16. The third-order valence-electron chi connectivity index (χ3n) is 4.75. The van der Waals surface area contributed by atoms with E-state index in [0.717, 1.165) is 5.56 Å². The van der Waals surface area contributed by atoms with Crippen molar-refractivity contribution in [1.82, 2.24) is 9.61 Å². The van der Waals surface area contributed by atoms with Crippen LogP contribution < -0.4 is 20.5 Å². The monoisotopic (exact) mass is 413 g/mol. The zero-order valence-corrected chi connectivity index (χ0v) is 16.9. The van der Waals surface area contributed by atoms with Crippen LogP contribution in [0.25, 0.3) is 5.52 Å². The smallest absolute Gasteiger partial charge is 0.270 e. The van der Waals surface area contributed by atoms with Crippen molar-refractivity contribution in [3.05, 3.63) is 77.6 Å². The van der Waals surface area contributed by atoms with E-state index in [4.69, 9.17) is 15.2 Å². The molecule has 0 atom stereocenters. The molecule has 154 valence electrons. The van der Waals surface area contributed by atoms with Crippen molar-refractivity contribution < 1.29 is 14.3 Å². The summed E-state index contributed by atoms with van der Waals surface area (Å²) in [5, 5.41) is 17.1. The van der Waals surface area contributed by atoms with Gasteiger partial charge < -0.3 is 20.5 Å². The van der Waals surface area contributed by atoms with Gasteiger partial charge in [0.2, 0.25) is 0 Å². The second kappa shape index (κ2) is 8.08. The van der Waals surface area contributed by atoms with E-state index < -0.39 is 5.91 Å². The van der Waals surface area contributed by atoms with Crippen molar-refractivity contribution in [2.45, 2.75) is 6.92 Å². The van der Waals surface area contributed by atoms with Gasteiger partial charge in [-0.05, 0) is 55.0 Å². The number of anilines is 2. The summed E-state index contributed by atoms with van der Waals surface area (Å²) in [4.78, 5) is 11.8. The molecule has 0 unspecified atom stereocenters. The number of nitrogens with one attached hydrogen (secondary N) is 1. The number of aryl methyl sites for hydroxylation is 1. The quantitative estimate of drug-likeness (QED) is 0.491. The topological polar surface area (TPSA) is 115 Å². The number of nitriles is 1. The number of carbonyl (C=O) groups excluding carboxylic acids is 1. The van der Waals surface area contributed by atoms with Gasteiger partial charge in [0.25, 0.3) is 5.91 Å². The third kappa shape index (κ3) is 3.84. The highest BCUT2D eigenvalue weighted by molar-refractivity contribution is 5.98. The SMILES string of the molecule is COc1cccc(Oc2ccc(Nc3c(C#N)c(C(N)=O)nn4ccc(C)c34)cc2)c1. The fourth-order valence-electron chi connectivity index (χ4n) is 3.26. The van der Waals surface area contributed by atoms with Gasteiger partial charge in [0.15, 0.2) is 5.69 Å². The molecule has 0 saturated heterocycles. The lowest BCUT2D eigenvalue weighted by Crippen LogP contribution is -2.18. The van der Waals surface area contributed by atoms with Crippen molar-refractivity contribution >= 4 is 22.8 Å². The van der Waals surface area contributed by atoms with Gasteiger partial charge in [0, 0.05) is 18.0 Å². The lowest BCUT2D eigenvalue weighted by Gasteiger charge is -2.14. The van der Waals surface area contributed by atoms with Gasteiger partial charge in [-0.15, -0.1) is 0 Å². The first-order chi connectivity index (χ1) is 15.0. The van der Waals surface area contributed by atoms with Crippen molar-refractivity contribution in [3.63, 3.8) is 0 Å². The maximum atomic E-state index is 11.8. The average Bonchev–Trinajstić information content (AvgIpc) is 3.15. The lowest BCUT2D eigenvalue weighted by atomic mass is 10.1. The summed E-state index contributed by atoms with van der Waals surface area (Å²) in [6.07, 6.45) is 1.72. The normalized spacial score (nSPS) is 10.5. The third-order valence-corrected chi connectivity index (χ3v) is 4.75. The summed E-state index contributed by atoms with van der Waals surface area (Å²) in [5.74, 6) is 1.22. The van der Waals surface area contributed by atoms with E-state index in [1.165, 1.54) is 0 Å². The van der Waals surface area contributed by atoms with Crippen LogP contribution in [0.3, 0.4) is 0 Å². The van der Waals surface area contributed by atoms with Crippen LogP contribution in [0.4, 0.5) is 11.4 Å². The average molecular weight is 413 g/mol. The van der Waals surface area contributed by atoms with Crippen molar-refractivity contribution in [2.24, 2.45) is 5.73 Å². The van der Waals surface area contributed by atoms with Crippen molar-refractivity contribution in [1.29, 1.82) is 5.26 Å². The number of hydrogen-bond donors (Lipinski definition) is 2. The zero-order chi connectivity index (χ0) is 22.0. The zero-order valence-electron chi connectivity index (χ0n) is 16.9. The first-order valence-corrected chi connectivity index (χ1v) is 9.41. The number of amides is 1. The number of benzene rings is 2. The van der Waals surface area contributed by atoms with Gasteiger partial charge in [-0.2, -0.15) is 10.4 Å². The first-order valence-electron chi connectivity index (χ1n) is 9.41. The molecule has 2 heterocycles. The number of nitrogens with two attached hydrogens (primary N) is 1. The molecule has 0 spiro atoms. The molecule has 8 nitrogen and oxygen atoms in total. The summed E-state index contributed by atoms with van der Waals surface area (Å²) in [5.41, 5.74) is 8.22. The van der Waals surface area contributed by atoms with Gasteiger partial charge >= 0.3 is 0 Å². The molecule has 0 radical (unpaired) electrons. The molecule has 4 aromatic rings. The molecule has 8 heteroatoms. The summed E-state index contributed by atoms with van der Waals surface area (Å²) in [6, 6.07) is 18.4. The minimum Gasteiger partial charge on any atom is -0.497 e. The predicted octanol–water partition coefficient (Wildman–Crippen LogP) is 4.16. The van der Waals surface area contributed by atoms with E-state index in [2.05, 4.69) is 16.5 Å². The highest BCUT2D eigenvalue weighted by Crippen LogP contribution is 2.31. The van der Waals surface area contributed by atoms with Crippen LogP contribution in [0.5, 0.6) is 17.2 Å². The molecule has 31 heavy (non-hydrogen) atoms. The minimum absolute atomic E-state index is 0.0916. The largest absolute Gasteiger partial charge is 0.497 e. The van der Waals surface area contributed by atoms with Crippen LogP contribution in [-0.4, -0.2) is 22.6 Å². The van der Waals surface area contributed by atoms with Crippen molar-refractivity contribution in [3.8, 4) is 23.3 Å². The Morgan fingerprint density at radius 2 is 1.87 bits per heavy atom. The summed E-state index contributed by atoms with van der Waals surface area (Å²) in [7, 11) is 1.60. The van der Waals surface area contributed by atoms with Crippen LogP contribution in [0.2, 0.25) is 0 Å². The first kappa shape index (κ1) is 19.8. The Labute approximate surface area is 178 Å². The molecule has 0 aliphatic rings. The number of aromatic nitrogens is 2. The number of rotatable bonds is 6. The van der Waals surface area contributed by atoms with Gasteiger partial charge in [-0.25, -0.2) is 4.52 Å². The summed E-state index contributed by atoms with van der Waals surface area (Å²) in [6.45, 7) is 1.90. The highest BCUT2D eigenvalue weighted by Gasteiger charge is 2.20. The maximum absolute atomic E-state index is 11.8. The van der Waals surface area contributed by atoms with Crippen LogP contribution >= 0.6 is 0 Å². The number of ether oxygens (including phenoxy) is 2. The highest BCUT2D eigenvalue weighted by atomic mass is 16.5. The molecule has 2 aromatic heterocycles. The van der Waals surface area contributed by atoms with E-state index in [9.17, 15) is 10.1 Å². The molecule has 1 amide bonds. The fourth-order valence-corrected chi connectivity index (χ4v) is 3.26. The van der Waals surface area contributed by atoms with E-state index in [0.29, 0.717) is 34.1 Å². The number of carbonyl (C=O) groups is 1. The van der Waals surface area contributed by atoms with E-state index in [-0.39, 0.29) is 11.3 Å². The minimum atomic E-state index is -0.769. The fraction of sp³-hybridized carbons (Fsp3) is 0.0870. The molecule has 0 bridgehead atoms. The van der Waals surface area contributed by atoms with Crippen molar-refractivity contribution in [2.75, 3.05) is 12.4 Å². The molecule has 0 aliphatic heterocycles. The van der Waals surface area contributed by atoms with Gasteiger partial charge in [-0.3, -0.25) is 4.79 Å². The number of hydrogen-bond acceptors (Lipinski definition) is 6. The summed E-state index contributed by atoms with van der Waals surface area (Å²) >= 11 is 0. The second-order valence-electron chi connectivity index (χ2n) is 6.80. The lowest BCUT2D eigenvalue weighted by molar-refractivity contribution is 0.0994. The van der Waals surface area contributed by atoms with Crippen LogP contribution in [0.1, 0.15) is 21.6 Å². The number of fused-ring (bicyclic) bond motifs is 1. The number of primary amides is 1. The molecule has 3 N–H and O–H groups in total. The van der Waals surface area contributed by atoms with Crippen LogP contribution in [-0.2, 0) is 0 Å². The Bertz CT molecular complexity index is 1320. The Morgan fingerprint density at radius 3 is 2.55 bits per heavy atom. The molecule has 4 rings (SSSR count). The molecule has 0 aliphatic carbocycles. The molecule has 0 fully saturated rings. The Morgan fingerprint density at radius 1 is 1.13 bits per heavy atom. The van der Waals surface area contributed by atoms with E-state index >= 15 is 0 Å². The second-order valence-corrected chi connectivity index (χ2v) is 6.80. The van der Waals surface area contributed by atoms with E-state index in [1.54, 1.807) is 36.0 Å². The number of methoxy groups -OCH3 is 1. The predicted molar refractivity (Wildman–Crippen MR) is 116 cm³/mol. The van der Waals surface area contributed by atoms with Gasteiger partial charge in [0.05, 0.1) is 18.3 Å². The van der Waals surface area contributed by atoms with Crippen LogP contribution in [0, 0.1) is 18.3 Å². The standard InChI is InChI=1S/C23H19N5O3/c1-14-10-11-28-22(14)20(19(13-24)21(27-28)23(25)29)26-15-6-8-16(9-7-15)31-18-5-3-4-17(12-18)30-2/h3-12,26H,1-2H3,(H2,25,29).